The smallest absolute Gasteiger partial charge is 0.257 e. The molecule has 1 amide bonds. The molecule has 1 aromatic carbocycles. The van der Waals surface area contributed by atoms with Crippen molar-refractivity contribution in [2.24, 2.45) is 0 Å². The Morgan fingerprint density at radius 1 is 1.18 bits per heavy atom. The minimum atomic E-state index is -0.0456. The number of hydrogen-bond acceptors (Lipinski definition) is 4. The lowest BCUT2D eigenvalue weighted by molar-refractivity contribution is 0.0772. The van der Waals surface area contributed by atoms with E-state index in [0.29, 0.717) is 24.2 Å². The Hall–Kier alpha value is -3.00. The summed E-state index contributed by atoms with van der Waals surface area (Å²) in [4.78, 5) is 21.8. The third-order valence-corrected chi connectivity index (χ3v) is 3.69. The van der Waals surface area contributed by atoms with Crippen LogP contribution in [0.4, 0.5) is 0 Å². The second-order valence-corrected chi connectivity index (χ2v) is 5.05. The summed E-state index contributed by atoms with van der Waals surface area (Å²) >= 11 is 0. The van der Waals surface area contributed by atoms with Crippen molar-refractivity contribution in [3.8, 4) is 6.07 Å². The van der Waals surface area contributed by atoms with E-state index in [1.54, 1.807) is 4.90 Å². The van der Waals surface area contributed by atoms with Crippen LogP contribution in [0.1, 0.15) is 27.9 Å². The zero-order valence-electron chi connectivity index (χ0n) is 11.9. The van der Waals surface area contributed by atoms with Crippen molar-refractivity contribution in [2.75, 3.05) is 13.1 Å². The Balaban J connectivity index is 1.71. The van der Waals surface area contributed by atoms with Crippen LogP contribution >= 0.6 is 0 Å². The molecule has 0 N–H and O–H groups in total. The van der Waals surface area contributed by atoms with E-state index in [1.165, 1.54) is 24.3 Å². The van der Waals surface area contributed by atoms with Crippen molar-refractivity contribution in [1.82, 2.24) is 14.9 Å². The van der Waals surface area contributed by atoms with Crippen LogP contribution in [0.5, 0.6) is 0 Å². The first-order chi connectivity index (χ1) is 10.8. The second-order valence-electron chi connectivity index (χ2n) is 5.05. The summed E-state index contributed by atoms with van der Waals surface area (Å²) in [6.45, 7) is 1.24. The lowest BCUT2D eigenvalue weighted by Crippen LogP contribution is -2.34. The average Bonchev–Trinajstić information content (AvgIpc) is 2.62. The maximum absolute atomic E-state index is 12.3. The average molecular weight is 290 g/mol. The molecule has 0 aliphatic carbocycles. The van der Waals surface area contributed by atoms with Crippen LogP contribution in [-0.2, 0) is 0 Å². The lowest BCUT2D eigenvalue weighted by Gasteiger charge is -2.26. The molecule has 0 unspecified atom stereocenters. The van der Waals surface area contributed by atoms with Gasteiger partial charge in [-0.05, 0) is 29.7 Å². The van der Waals surface area contributed by atoms with Crippen LogP contribution < -0.4 is 0 Å². The minimum absolute atomic E-state index is 0.0456. The molecule has 1 aromatic heterocycles. The number of nitriles is 1. The first-order valence-corrected chi connectivity index (χ1v) is 7.02. The summed E-state index contributed by atoms with van der Waals surface area (Å²) < 4.78 is 0. The standard InChI is InChI=1S/C17H14N4O/c18-9-13-1-3-14(4-2-13)15-5-7-21(8-6-15)17(22)16-10-19-12-20-11-16/h1-5,10-12H,6-8H2. The van der Waals surface area contributed by atoms with Crippen LogP contribution in [-0.4, -0.2) is 33.9 Å². The Morgan fingerprint density at radius 3 is 2.50 bits per heavy atom. The van der Waals surface area contributed by atoms with Gasteiger partial charge in [0.2, 0.25) is 0 Å². The van der Waals surface area contributed by atoms with Gasteiger partial charge in [0, 0.05) is 25.5 Å². The molecule has 0 fully saturated rings. The SMILES string of the molecule is N#Cc1ccc(C2=CCN(C(=O)c3cncnc3)CC2)cc1. The van der Waals surface area contributed by atoms with E-state index in [0.717, 1.165) is 12.0 Å². The van der Waals surface area contributed by atoms with Gasteiger partial charge in [0.15, 0.2) is 0 Å². The number of rotatable bonds is 2. The molecule has 0 saturated heterocycles. The zero-order valence-corrected chi connectivity index (χ0v) is 11.9. The molecule has 2 aromatic rings. The van der Waals surface area contributed by atoms with Crippen molar-refractivity contribution >= 4 is 11.5 Å². The van der Waals surface area contributed by atoms with Gasteiger partial charge in [-0.25, -0.2) is 9.97 Å². The van der Waals surface area contributed by atoms with Crippen LogP contribution in [0.15, 0.2) is 49.1 Å². The maximum Gasteiger partial charge on any atom is 0.257 e. The maximum atomic E-state index is 12.3. The largest absolute Gasteiger partial charge is 0.334 e. The van der Waals surface area contributed by atoms with Gasteiger partial charge >= 0.3 is 0 Å². The Bertz CT molecular complexity index is 744. The first-order valence-electron chi connectivity index (χ1n) is 7.02. The summed E-state index contributed by atoms with van der Waals surface area (Å²) in [6.07, 6.45) is 7.35. The molecule has 22 heavy (non-hydrogen) atoms. The monoisotopic (exact) mass is 290 g/mol. The molecule has 0 bridgehead atoms. The molecule has 1 aliphatic heterocycles. The summed E-state index contributed by atoms with van der Waals surface area (Å²) in [6, 6.07) is 9.64. The first kappa shape index (κ1) is 14.0. The van der Waals surface area contributed by atoms with Gasteiger partial charge in [-0.15, -0.1) is 0 Å². The highest BCUT2D eigenvalue weighted by molar-refractivity contribution is 5.94. The van der Waals surface area contributed by atoms with E-state index in [9.17, 15) is 4.79 Å². The normalized spacial score (nSPS) is 14.1. The van der Waals surface area contributed by atoms with E-state index in [1.807, 2.05) is 24.3 Å². The highest BCUT2D eigenvalue weighted by Gasteiger charge is 2.19. The third kappa shape index (κ3) is 2.86. The van der Waals surface area contributed by atoms with Crippen LogP contribution in [0.25, 0.3) is 5.57 Å². The summed E-state index contributed by atoms with van der Waals surface area (Å²) in [7, 11) is 0. The molecule has 108 valence electrons. The summed E-state index contributed by atoms with van der Waals surface area (Å²) in [5.74, 6) is -0.0456. The van der Waals surface area contributed by atoms with Crippen molar-refractivity contribution in [1.29, 1.82) is 5.26 Å². The van der Waals surface area contributed by atoms with E-state index >= 15 is 0 Å². The second kappa shape index (κ2) is 6.19. The predicted octanol–water partition coefficient (Wildman–Crippen LogP) is 2.28. The number of hydrogen-bond donors (Lipinski definition) is 0. The third-order valence-electron chi connectivity index (χ3n) is 3.69. The Kier molecular flexibility index (Phi) is 3.92. The number of amides is 1. The fourth-order valence-corrected chi connectivity index (χ4v) is 2.47. The number of nitrogens with zero attached hydrogens (tertiary/aromatic N) is 4. The van der Waals surface area contributed by atoms with Gasteiger partial charge in [-0.3, -0.25) is 4.79 Å². The van der Waals surface area contributed by atoms with Gasteiger partial charge in [-0.1, -0.05) is 18.2 Å². The molecule has 5 nitrogen and oxygen atoms in total. The van der Waals surface area contributed by atoms with E-state index < -0.39 is 0 Å². The fourth-order valence-electron chi connectivity index (χ4n) is 2.47. The quantitative estimate of drug-likeness (QED) is 0.850. The summed E-state index contributed by atoms with van der Waals surface area (Å²) in [5, 5.41) is 8.82. The predicted molar refractivity (Wildman–Crippen MR) is 81.7 cm³/mol. The molecule has 1 aliphatic rings. The van der Waals surface area contributed by atoms with Crippen LogP contribution in [0.3, 0.4) is 0 Å². The van der Waals surface area contributed by atoms with Crippen molar-refractivity contribution in [3.63, 3.8) is 0 Å². The van der Waals surface area contributed by atoms with Crippen molar-refractivity contribution in [3.05, 3.63) is 65.8 Å². The van der Waals surface area contributed by atoms with Crippen LogP contribution in [0.2, 0.25) is 0 Å². The minimum Gasteiger partial charge on any atom is -0.334 e. The van der Waals surface area contributed by atoms with Crippen molar-refractivity contribution < 1.29 is 4.79 Å². The van der Waals surface area contributed by atoms with Crippen molar-refractivity contribution in [2.45, 2.75) is 6.42 Å². The van der Waals surface area contributed by atoms with E-state index in [-0.39, 0.29) is 5.91 Å². The molecule has 0 radical (unpaired) electrons. The molecule has 0 saturated carbocycles. The highest BCUT2D eigenvalue weighted by atomic mass is 16.2. The Morgan fingerprint density at radius 2 is 1.91 bits per heavy atom. The molecule has 3 rings (SSSR count). The molecule has 2 heterocycles. The number of aromatic nitrogens is 2. The molecular weight excluding hydrogens is 276 g/mol. The fraction of sp³-hybridized carbons (Fsp3) is 0.176. The molecular formula is C17H14N4O. The van der Waals surface area contributed by atoms with Gasteiger partial charge in [-0.2, -0.15) is 5.26 Å². The van der Waals surface area contributed by atoms with E-state index in [2.05, 4.69) is 22.1 Å². The Labute approximate surface area is 128 Å². The van der Waals surface area contributed by atoms with Gasteiger partial charge < -0.3 is 4.90 Å². The molecule has 0 atom stereocenters. The zero-order chi connectivity index (χ0) is 15.4. The highest BCUT2D eigenvalue weighted by Crippen LogP contribution is 2.23. The number of carbonyl (C=O) groups is 1. The lowest BCUT2D eigenvalue weighted by atomic mass is 9.98. The van der Waals surface area contributed by atoms with Gasteiger partial charge in [0.1, 0.15) is 6.33 Å². The number of carbonyl (C=O) groups excluding carboxylic acids is 1. The van der Waals surface area contributed by atoms with E-state index in [4.69, 9.17) is 5.26 Å². The number of benzene rings is 1. The molecule has 0 spiro atoms. The van der Waals surface area contributed by atoms with Gasteiger partial charge in [0.25, 0.3) is 5.91 Å². The van der Waals surface area contributed by atoms with Crippen LogP contribution in [0, 0.1) is 11.3 Å². The summed E-state index contributed by atoms with van der Waals surface area (Å²) in [5.41, 5.74) is 3.48. The van der Waals surface area contributed by atoms with Gasteiger partial charge in [0.05, 0.1) is 17.2 Å². The topological polar surface area (TPSA) is 69.9 Å². The molecule has 5 heteroatoms.